The second kappa shape index (κ2) is 10.1. The van der Waals surface area contributed by atoms with E-state index in [4.69, 9.17) is 4.98 Å². The number of para-hydroxylation sites is 1. The zero-order chi connectivity index (χ0) is 25.3. The van der Waals surface area contributed by atoms with Crippen molar-refractivity contribution in [3.05, 3.63) is 65.0 Å². The first-order chi connectivity index (χ1) is 17.3. The summed E-state index contributed by atoms with van der Waals surface area (Å²) in [5.41, 5.74) is 2.95. The van der Waals surface area contributed by atoms with Gasteiger partial charge in [0.05, 0.1) is 27.4 Å². The maximum atomic E-state index is 12.9. The van der Waals surface area contributed by atoms with E-state index in [1.54, 1.807) is 53.5 Å². The first-order valence-corrected chi connectivity index (χ1v) is 14.9. The summed E-state index contributed by atoms with van der Waals surface area (Å²) in [5, 5.41) is 4.58. The number of thiophene rings is 1. The molecule has 4 aromatic rings. The Balaban J connectivity index is 1.37. The summed E-state index contributed by atoms with van der Waals surface area (Å²) in [5.74, 6) is -0.299. The fourth-order valence-electron chi connectivity index (χ4n) is 4.32. The molecule has 1 aliphatic rings. The predicted octanol–water partition coefficient (Wildman–Crippen LogP) is 5.12. The topological polar surface area (TPSA) is 96.4 Å². The molecule has 2 aromatic heterocycles. The third-order valence-corrected chi connectivity index (χ3v) is 10.2. The molecule has 2 amide bonds. The van der Waals surface area contributed by atoms with Gasteiger partial charge in [-0.25, -0.2) is 13.4 Å². The van der Waals surface area contributed by atoms with Crippen LogP contribution in [0.3, 0.4) is 0 Å². The fourth-order valence-corrected chi connectivity index (χ4v) is 8.05. The number of aromatic nitrogens is 1. The highest BCUT2D eigenvalue weighted by Gasteiger charge is 2.28. The van der Waals surface area contributed by atoms with Gasteiger partial charge in [-0.3, -0.25) is 9.59 Å². The number of nitrogens with one attached hydrogen (secondary N) is 1. The molecule has 3 heterocycles. The highest BCUT2D eigenvalue weighted by molar-refractivity contribution is 7.91. The minimum Gasteiger partial charge on any atom is -0.337 e. The van der Waals surface area contributed by atoms with Crippen LogP contribution in [0.5, 0.6) is 0 Å². The smallest absolute Gasteiger partial charge is 0.225 e. The lowest BCUT2D eigenvalue weighted by atomic mass is 10.0. The van der Waals surface area contributed by atoms with Gasteiger partial charge in [0.1, 0.15) is 10.0 Å². The molecule has 0 saturated heterocycles. The van der Waals surface area contributed by atoms with Gasteiger partial charge in [-0.1, -0.05) is 30.3 Å². The molecule has 7 nitrogen and oxygen atoms in total. The first-order valence-electron chi connectivity index (χ1n) is 11.7. The summed E-state index contributed by atoms with van der Waals surface area (Å²) in [6.07, 6.45) is 1.01. The van der Waals surface area contributed by atoms with E-state index in [0.717, 1.165) is 31.2 Å². The third-order valence-electron chi connectivity index (χ3n) is 6.18. The first kappa shape index (κ1) is 24.6. The van der Waals surface area contributed by atoms with Gasteiger partial charge in [0.15, 0.2) is 9.84 Å². The molecule has 0 bridgehead atoms. The van der Waals surface area contributed by atoms with Gasteiger partial charge in [-0.2, -0.15) is 0 Å². The Hall–Kier alpha value is -3.08. The van der Waals surface area contributed by atoms with Crippen LogP contribution >= 0.6 is 22.7 Å². The molecule has 1 aliphatic heterocycles. The Labute approximate surface area is 217 Å². The van der Waals surface area contributed by atoms with Crippen molar-refractivity contribution in [3.8, 4) is 10.6 Å². The average molecular weight is 540 g/mol. The van der Waals surface area contributed by atoms with Crippen molar-refractivity contribution in [3.63, 3.8) is 0 Å². The Morgan fingerprint density at radius 2 is 1.81 bits per heavy atom. The molecule has 0 aliphatic carbocycles. The van der Waals surface area contributed by atoms with Gasteiger partial charge in [-0.15, -0.1) is 22.7 Å². The molecule has 10 heteroatoms. The molecular weight excluding hydrogens is 515 g/mol. The molecular formula is C26H25N3O4S3. The van der Waals surface area contributed by atoms with Crippen LogP contribution in [0.25, 0.3) is 20.8 Å². The van der Waals surface area contributed by atoms with E-state index in [1.807, 2.05) is 24.3 Å². The zero-order valence-corrected chi connectivity index (χ0v) is 22.1. The number of hydrogen-bond acceptors (Lipinski definition) is 7. The van der Waals surface area contributed by atoms with E-state index in [1.165, 1.54) is 11.3 Å². The number of hydrogen-bond donors (Lipinski definition) is 1. The molecule has 0 radical (unpaired) electrons. The number of nitrogens with zero attached hydrogens (tertiary/aromatic N) is 2. The second-order valence-electron chi connectivity index (χ2n) is 8.67. The normalized spacial score (nSPS) is 13.5. The number of thiazole rings is 1. The van der Waals surface area contributed by atoms with Gasteiger partial charge in [0.2, 0.25) is 11.8 Å². The number of fused-ring (bicyclic) bond motifs is 2. The number of sulfone groups is 1. The maximum Gasteiger partial charge on any atom is 0.225 e. The van der Waals surface area contributed by atoms with Crippen LogP contribution in [0, 0.1) is 0 Å². The molecule has 0 unspecified atom stereocenters. The number of carbonyl (C=O) groups is 2. The molecule has 2 aromatic carbocycles. The standard InChI is InChI=1S/C26H25N3O4S3/c1-17(30)29-14-13-19-22(16-29)35-26(24(19)25-27-20-10-5-6-11-21(20)34-25)28-23(31)12-7-15-36(32,33)18-8-3-2-4-9-18/h2-6,8-11H,7,12-16H2,1H3,(H,28,31). The summed E-state index contributed by atoms with van der Waals surface area (Å²) >= 11 is 3.05. The Kier molecular flexibility index (Phi) is 6.92. The minimum atomic E-state index is -3.43. The van der Waals surface area contributed by atoms with Crippen LogP contribution < -0.4 is 5.32 Å². The van der Waals surface area contributed by atoms with E-state index in [-0.39, 0.29) is 35.3 Å². The van der Waals surface area contributed by atoms with E-state index in [2.05, 4.69) is 5.32 Å². The molecule has 0 fully saturated rings. The van der Waals surface area contributed by atoms with Crippen molar-refractivity contribution in [2.24, 2.45) is 0 Å². The average Bonchev–Trinajstić information content (AvgIpc) is 3.44. The predicted molar refractivity (Wildman–Crippen MR) is 144 cm³/mol. The number of rotatable bonds is 7. The van der Waals surface area contributed by atoms with Crippen LogP contribution in [0.2, 0.25) is 0 Å². The lowest BCUT2D eigenvalue weighted by Crippen LogP contribution is -2.33. The van der Waals surface area contributed by atoms with E-state index < -0.39 is 9.84 Å². The number of benzene rings is 2. The quantitative estimate of drug-likeness (QED) is 0.352. The van der Waals surface area contributed by atoms with Crippen molar-refractivity contribution >= 4 is 59.5 Å². The largest absolute Gasteiger partial charge is 0.337 e. The highest BCUT2D eigenvalue weighted by atomic mass is 32.2. The van der Waals surface area contributed by atoms with Crippen molar-refractivity contribution in [2.75, 3.05) is 17.6 Å². The van der Waals surface area contributed by atoms with Crippen molar-refractivity contribution < 1.29 is 18.0 Å². The summed E-state index contributed by atoms with van der Waals surface area (Å²) in [6, 6.07) is 16.2. The highest BCUT2D eigenvalue weighted by Crippen LogP contribution is 2.45. The van der Waals surface area contributed by atoms with Gasteiger partial charge in [0, 0.05) is 30.3 Å². The third kappa shape index (κ3) is 5.07. The van der Waals surface area contributed by atoms with Crippen LogP contribution in [0.4, 0.5) is 5.00 Å². The monoisotopic (exact) mass is 539 g/mol. The van der Waals surface area contributed by atoms with E-state index in [9.17, 15) is 18.0 Å². The Morgan fingerprint density at radius 3 is 2.56 bits per heavy atom. The van der Waals surface area contributed by atoms with E-state index >= 15 is 0 Å². The van der Waals surface area contributed by atoms with Crippen LogP contribution in [0.15, 0.2) is 59.5 Å². The van der Waals surface area contributed by atoms with E-state index in [0.29, 0.717) is 24.5 Å². The van der Waals surface area contributed by atoms with Gasteiger partial charge < -0.3 is 10.2 Å². The lowest BCUT2D eigenvalue weighted by molar-refractivity contribution is -0.129. The molecule has 1 N–H and O–H groups in total. The maximum absolute atomic E-state index is 12.9. The summed E-state index contributed by atoms with van der Waals surface area (Å²) in [4.78, 5) is 32.8. The summed E-state index contributed by atoms with van der Waals surface area (Å²) in [6.45, 7) is 2.71. The van der Waals surface area contributed by atoms with Crippen LogP contribution in [-0.2, 0) is 32.4 Å². The molecule has 0 atom stereocenters. The molecule has 186 valence electrons. The fraction of sp³-hybridized carbons (Fsp3) is 0.269. The van der Waals surface area contributed by atoms with Gasteiger partial charge in [-0.05, 0) is 42.7 Å². The van der Waals surface area contributed by atoms with Crippen LogP contribution in [0.1, 0.15) is 30.2 Å². The number of anilines is 1. The van der Waals surface area contributed by atoms with Gasteiger partial charge in [0.25, 0.3) is 0 Å². The molecule has 36 heavy (non-hydrogen) atoms. The van der Waals surface area contributed by atoms with Gasteiger partial charge >= 0.3 is 0 Å². The minimum absolute atomic E-state index is 0.0285. The molecule has 0 spiro atoms. The Morgan fingerprint density at radius 1 is 1.06 bits per heavy atom. The van der Waals surface area contributed by atoms with Crippen LogP contribution in [-0.4, -0.2) is 42.4 Å². The summed E-state index contributed by atoms with van der Waals surface area (Å²) in [7, 11) is -3.43. The second-order valence-corrected chi connectivity index (χ2v) is 12.9. The zero-order valence-electron chi connectivity index (χ0n) is 19.7. The SMILES string of the molecule is CC(=O)N1CCc2c(sc(NC(=O)CCCS(=O)(=O)c3ccccc3)c2-c2nc3ccccc3s2)C1. The number of amides is 2. The Bertz CT molecular complexity index is 1510. The number of carbonyl (C=O) groups excluding carboxylic acids is 2. The summed E-state index contributed by atoms with van der Waals surface area (Å²) < 4.78 is 26.2. The van der Waals surface area contributed by atoms with Crippen molar-refractivity contribution in [1.29, 1.82) is 0 Å². The van der Waals surface area contributed by atoms with Crippen molar-refractivity contribution in [1.82, 2.24) is 9.88 Å². The molecule has 0 saturated carbocycles. The van der Waals surface area contributed by atoms with Crippen molar-refractivity contribution in [2.45, 2.75) is 37.6 Å². The molecule has 5 rings (SSSR count). The lowest BCUT2D eigenvalue weighted by Gasteiger charge is -2.26.